The summed E-state index contributed by atoms with van der Waals surface area (Å²) in [5.41, 5.74) is 0.874. The highest BCUT2D eigenvalue weighted by atomic mass is 16.5. The van der Waals surface area contributed by atoms with Crippen molar-refractivity contribution in [2.45, 2.75) is 25.8 Å². The molecular formula is C19H21NO5. The van der Waals surface area contributed by atoms with Crippen molar-refractivity contribution in [2.75, 3.05) is 7.11 Å². The minimum absolute atomic E-state index is 0.208. The molecule has 0 aromatic heterocycles. The number of ether oxygens (including phenoxy) is 1. The van der Waals surface area contributed by atoms with E-state index in [1.165, 1.54) is 14.0 Å². The van der Waals surface area contributed by atoms with Gasteiger partial charge in [-0.2, -0.15) is 0 Å². The number of carbonyl (C=O) groups excluding carboxylic acids is 2. The van der Waals surface area contributed by atoms with Crippen LogP contribution in [-0.4, -0.2) is 36.1 Å². The van der Waals surface area contributed by atoms with Crippen molar-refractivity contribution in [3.05, 3.63) is 48.0 Å². The Bertz CT molecular complexity index is 781. The largest absolute Gasteiger partial charge is 0.481 e. The molecule has 6 heteroatoms. The summed E-state index contributed by atoms with van der Waals surface area (Å²) in [5, 5.41) is 13.9. The van der Waals surface area contributed by atoms with E-state index in [0.717, 1.165) is 16.3 Å². The predicted molar refractivity (Wildman–Crippen MR) is 93.0 cm³/mol. The maximum absolute atomic E-state index is 12.1. The highest BCUT2D eigenvalue weighted by Crippen LogP contribution is 2.22. The van der Waals surface area contributed by atoms with Gasteiger partial charge in [0.2, 0.25) is 5.91 Å². The molecule has 2 atom stereocenters. The van der Waals surface area contributed by atoms with Crippen molar-refractivity contribution in [3.63, 3.8) is 0 Å². The molecule has 0 aliphatic carbocycles. The lowest BCUT2D eigenvalue weighted by atomic mass is 9.92. The number of hydrogen-bond donors (Lipinski definition) is 2. The first-order chi connectivity index (χ1) is 11.9. The fourth-order valence-electron chi connectivity index (χ4n) is 2.74. The third-order valence-electron chi connectivity index (χ3n) is 4.06. The molecule has 2 aromatic carbocycles. The lowest BCUT2D eigenvalue weighted by Crippen LogP contribution is -2.40. The fraction of sp³-hybridized carbons (Fsp3) is 0.316. The number of benzene rings is 2. The number of carboxylic acid groups (broad SMARTS) is 1. The molecule has 25 heavy (non-hydrogen) atoms. The van der Waals surface area contributed by atoms with Crippen molar-refractivity contribution in [2.24, 2.45) is 5.92 Å². The lowest BCUT2D eigenvalue weighted by Gasteiger charge is -2.16. The molecule has 6 nitrogen and oxygen atoms in total. The molecule has 0 fully saturated rings. The van der Waals surface area contributed by atoms with Gasteiger partial charge in [0.1, 0.15) is 6.04 Å². The van der Waals surface area contributed by atoms with Crippen LogP contribution in [0.15, 0.2) is 42.5 Å². The van der Waals surface area contributed by atoms with E-state index in [1.807, 2.05) is 42.5 Å². The van der Waals surface area contributed by atoms with Gasteiger partial charge < -0.3 is 15.2 Å². The minimum atomic E-state index is -1.05. The average molecular weight is 343 g/mol. The molecule has 0 heterocycles. The van der Waals surface area contributed by atoms with Gasteiger partial charge in [-0.1, -0.05) is 42.5 Å². The summed E-state index contributed by atoms with van der Waals surface area (Å²) in [7, 11) is 1.23. The summed E-state index contributed by atoms with van der Waals surface area (Å²) in [6.07, 6.45) is 0.0244. The average Bonchev–Trinajstić information content (AvgIpc) is 2.60. The number of nitrogens with one attached hydrogen (secondary N) is 1. The smallest absolute Gasteiger partial charge is 0.328 e. The molecule has 0 aliphatic heterocycles. The van der Waals surface area contributed by atoms with Gasteiger partial charge in [0.05, 0.1) is 13.0 Å². The highest BCUT2D eigenvalue weighted by molar-refractivity contribution is 5.88. The van der Waals surface area contributed by atoms with Crippen LogP contribution < -0.4 is 5.32 Å². The molecular weight excluding hydrogens is 322 g/mol. The van der Waals surface area contributed by atoms with E-state index in [4.69, 9.17) is 0 Å². The number of amides is 1. The second-order valence-corrected chi connectivity index (χ2v) is 5.89. The van der Waals surface area contributed by atoms with Crippen molar-refractivity contribution in [1.82, 2.24) is 5.32 Å². The standard InChI is InChI=1S/C19H21NO5/c1-12(19(24)25-2)20-17(21)11-15(18(22)23)10-14-8-5-7-13-6-3-4-9-16(13)14/h3-9,12,15H,10-11H2,1-2H3,(H,20,21)(H,22,23)/t12-,15?/m0/s1. The van der Waals surface area contributed by atoms with Gasteiger partial charge in [-0.05, 0) is 29.7 Å². The SMILES string of the molecule is COC(=O)[C@H](C)NC(=O)CC(Cc1cccc2ccccc12)C(=O)O. The number of esters is 1. The lowest BCUT2D eigenvalue weighted by molar-refractivity contribution is -0.145. The minimum Gasteiger partial charge on any atom is -0.481 e. The normalized spacial score (nSPS) is 13.0. The van der Waals surface area contributed by atoms with E-state index < -0.39 is 29.8 Å². The van der Waals surface area contributed by atoms with E-state index in [-0.39, 0.29) is 12.8 Å². The molecule has 1 amide bonds. The van der Waals surface area contributed by atoms with Crippen LogP contribution in [0.5, 0.6) is 0 Å². The van der Waals surface area contributed by atoms with Crippen molar-refractivity contribution in [3.8, 4) is 0 Å². The van der Waals surface area contributed by atoms with Gasteiger partial charge in [0, 0.05) is 6.42 Å². The number of aliphatic carboxylic acids is 1. The Morgan fingerprint density at radius 1 is 1.12 bits per heavy atom. The van der Waals surface area contributed by atoms with E-state index in [9.17, 15) is 19.5 Å². The van der Waals surface area contributed by atoms with Crippen LogP contribution in [-0.2, 0) is 25.5 Å². The molecule has 2 N–H and O–H groups in total. The molecule has 0 aliphatic rings. The molecule has 2 aromatic rings. The molecule has 0 saturated heterocycles. The first-order valence-corrected chi connectivity index (χ1v) is 7.99. The van der Waals surface area contributed by atoms with E-state index in [0.29, 0.717) is 0 Å². The molecule has 0 spiro atoms. The Morgan fingerprint density at radius 3 is 2.48 bits per heavy atom. The Morgan fingerprint density at radius 2 is 1.80 bits per heavy atom. The maximum atomic E-state index is 12.1. The van der Waals surface area contributed by atoms with Crippen LogP contribution in [0, 0.1) is 5.92 Å². The van der Waals surface area contributed by atoms with E-state index >= 15 is 0 Å². The Balaban J connectivity index is 2.12. The zero-order valence-corrected chi connectivity index (χ0v) is 14.2. The maximum Gasteiger partial charge on any atom is 0.328 e. The fourth-order valence-corrected chi connectivity index (χ4v) is 2.74. The second-order valence-electron chi connectivity index (χ2n) is 5.89. The summed E-state index contributed by atoms with van der Waals surface area (Å²) in [5.74, 6) is -3.00. The molecule has 0 saturated carbocycles. The van der Waals surface area contributed by atoms with Crippen molar-refractivity contribution in [1.29, 1.82) is 0 Å². The number of rotatable bonds is 7. The highest BCUT2D eigenvalue weighted by Gasteiger charge is 2.24. The van der Waals surface area contributed by atoms with Gasteiger partial charge in [0.15, 0.2) is 0 Å². The summed E-state index contributed by atoms with van der Waals surface area (Å²) in [4.78, 5) is 35.0. The molecule has 2 rings (SSSR count). The van der Waals surface area contributed by atoms with E-state index in [2.05, 4.69) is 10.1 Å². The summed E-state index contributed by atoms with van der Waals surface area (Å²) in [6, 6.07) is 12.6. The third-order valence-corrected chi connectivity index (χ3v) is 4.06. The van der Waals surface area contributed by atoms with Crippen LogP contribution in [0.4, 0.5) is 0 Å². The second kappa shape index (κ2) is 8.28. The number of carboxylic acids is 1. The van der Waals surface area contributed by atoms with Gasteiger partial charge >= 0.3 is 11.9 Å². The monoisotopic (exact) mass is 343 g/mol. The molecule has 1 unspecified atom stereocenters. The number of methoxy groups -OCH3 is 1. The first kappa shape index (κ1) is 18.4. The van der Waals surface area contributed by atoms with Crippen LogP contribution in [0.2, 0.25) is 0 Å². The zero-order valence-electron chi connectivity index (χ0n) is 14.2. The van der Waals surface area contributed by atoms with E-state index in [1.54, 1.807) is 0 Å². The number of carbonyl (C=O) groups is 3. The quantitative estimate of drug-likeness (QED) is 0.752. The Hall–Kier alpha value is -2.89. The van der Waals surface area contributed by atoms with Crippen molar-refractivity contribution < 1.29 is 24.2 Å². The first-order valence-electron chi connectivity index (χ1n) is 7.99. The van der Waals surface area contributed by atoms with Crippen LogP contribution in [0.3, 0.4) is 0 Å². The third kappa shape index (κ3) is 4.79. The van der Waals surface area contributed by atoms with Gasteiger partial charge in [-0.25, -0.2) is 4.79 Å². The zero-order chi connectivity index (χ0) is 18.4. The van der Waals surface area contributed by atoms with Crippen molar-refractivity contribution >= 4 is 28.6 Å². The summed E-state index contributed by atoms with van der Waals surface area (Å²) in [6.45, 7) is 1.49. The predicted octanol–water partition coefficient (Wildman–Crippen LogP) is 2.15. The Labute approximate surface area is 145 Å². The molecule has 0 radical (unpaired) electrons. The number of hydrogen-bond acceptors (Lipinski definition) is 4. The topological polar surface area (TPSA) is 92.7 Å². The van der Waals surface area contributed by atoms with Gasteiger partial charge in [0.25, 0.3) is 0 Å². The van der Waals surface area contributed by atoms with Gasteiger partial charge in [-0.3, -0.25) is 9.59 Å². The summed E-state index contributed by atoms with van der Waals surface area (Å²) < 4.78 is 4.54. The Kier molecular flexibility index (Phi) is 6.11. The van der Waals surface area contributed by atoms with Crippen LogP contribution >= 0.6 is 0 Å². The molecule has 132 valence electrons. The van der Waals surface area contributed by atoms with Gasteiger partial charge in [-0.15, -0.1) is 0 Å². The summed E-state index contributed by atoms with van der Waals surface area (Å²) >= 11 is 0. The van der Waals surface area contributed by atoms with Crippen LogP contribution in [0.1, 0.15) is 18.9 Å². The molecule has 0 bridgehead atoms. The number of fused-ring (bicyclic) bond motifs is 1. The van der Waals surface area contributed by atoms with Crippen LogP contribution in [0.25, 0.3) is 10.8 Å².